The predicted molar refractivity (Wildman–Crippen MR) is 171 cm³/mol. The highest BCUT2D eigenvalue weighted by Crippen LogP contribution is 2.38. The van der Waals surface area contributed by atoms with Crippen LogP contribution in [0.4, 0.5) is 14.9 Å². The molecule has 6 nitrogen and oxygen atoms in total. The topological polar surface area (TPSA) is 78.9 Å². The number of benzene rings is 4. The van der Waals surface area contributed by atoms with E-state index in [-0.39, 0.29) is 19.4 Å². The minimum absolute atomic E-state index is 0.0625. The van der Waals surface area contributed by atoms with Crippen LogP contribution in [0.2, 0.25) is 0 Å². The molecule has 0 saturated carbocycles. The lowest BCUT2D eigenvalue weighted by Crippen LogP contribution is -2.42. The molecule has 216 valence electrons. The Labute approximate surface area is 266 Å². The molecule has 0 radical (unpaired) electrons. The van der Waals surface area contributed by atoms with Crippen LogP contribution < -0.4 is 5.32 Å². The van der Waals surface area contributed by atoms with Gasteiger partial charge in [-0.15, -0.1) is 0 Å². The molecule has 5 rings (SSSR count). The van der Waals surface area contributed by atoms with Crippen molar-refractivity contribution in [1.29, 1.82) is 0 Å². The van der Waals surface area contributed by atoms with Crippen LogP contribution in [0.1, 0.15) is 47.7 Å². The van der Waals surface area contributed by atoms with E-state index in [9.17, 15) is 19.1 Å². The Bertz CT molecular complexity index is 1500. The van der Waals surface area contributed by atoms with Gasteiger partial charge in [-0.25, -0.2) is 14.1 Å². The van der Waals surface area contributed by atoms with Crippen molar-refractivity contribution < 1.29 is 23.8 Å². The van der Waals surface area contributed by atoms with Crippen LogP contribution >= 0.6 is 38.5 Å². The van der Waals surface area contributed by atoms with Gasteiger partial charge in [-0.1, -0.05) is 70.5 Å². The molecule has 2 N–H and O–H groups in total. The molecule has 0 aliphatic carbocycles. The molecule has 0 aromatic heterocycles. The van der Waals surface area contributed by atoms with Gasteiger partial charge in [0.05, 0.1) is 18.1 Å². The molecular formula is C33H29BrFIN2O4. The number of hydrogen-bond acceptors (Lipinski definition) is 5. The van der Waals surface area contributed by atoms with Crippen molar-refractivity contribution in [3.05, 3.63) is 134 Å². The monoisotopic (exact) mass is 742 g/mol. The molecule has 1 aliphatic rings. The molecule has 2 amide bonds. The number of rotatable bonds is 10. The minimum atomic E-state index is -0.930. The van der Waals surface area contributed by atoms with Crippen LogP contribution in [0.3, 0.4) is 0 Å². The van der Waals surface area contributed by atoms with Gasteiger partial charge in [0.1, 0.15) is 18.5 Å². The molecule has 9 heteroatoms. The van der Waals surface area contributed by atoms with Gasteiger partial charge in [0.2, 0.25) is 5.91 Å². The normalized spacial score (nSPS) is 16.9. The highest BCUT2D eigenvalue weighted by atomic mass is 127. The summed E-state index contributed by atoms with van der Waals surface area (Å²) in [6.45, 7) is 0.0625. The van der Waals surface area contributed by atoms with Gasteiger partial charge in [0.25, 0.3) is 0 Å². The average Bonchev–Trinajstić information content (AvgIpc) is 3.40. The molecule has 4 aromatic carbocycles. The molecule has 1 aliphatic heterocycles. The third-order valence-corrected chi connectivity index (χ3v) is 8.66. The van der Waals surface area contributed by atoms with E-state index in [2.05, 4.69) is 43.8 Å². The summed E-state index contributed by atoms with van der Waals surface area (Å²) in [6.07, 6.45) is -1.18. The van der Waals surface area contributed by atoms with Gasteiger partial charge in [-0.05, 0) is 101 Å². The molecular weight excluding hydrogens is 714 g/mol. The number of halogens is 3. The zero-order chi connectivity index (χ0) is 29.6. The SMILES string of the molecule is O=C1OC[C@H](c2ccccc2)N1C(=O)[C@H](CC[C@H](O)c1ccc(F)cc1)[C@H](Nc1ccc(I)cc1)c1ccc(Br)cc1. The molecule has 42 heavy (non-hydrogen) atoms. The van der Waals surface area contributed by atoms with Crippen molar-refractivity contribution in [3.63, 3.8) is 0 Å². The number of hydrogen-bond donors (Lipinski definition) is 2. The van der Waals surface area contributed by atoms with E-state index in [4.69, 9.17) is 4.74 Å². The zero-order valence-corrected chi connectivity index (χ0v) is 26.2. The van der Waals surface area contributed by atoms with Crippen molar-refractivity contribution in [2.24, 2.45) is 5.92 Å². The number of anilines is 1. The zero-order valence-electron chi connectivity index (χ0n) is 22.5. The van der Waals surface area contributed by atoms with E-state index >= 15 is 0 Å². The van der Waals surface area contributed by atoms with Gasteiger partial charge < -0.3 is 15.2 Å². The van der Waals surface area contributed by atoms with Gasteiger partial charge >= 0.3 is 6.09 Å². The van der Waals surface area contributed by atoms with Gasteiger partial charge in [0, 0.05) is 13.7 Å². The highest BCUT2D eigenvalue weighted by molar-refractivity contribution is 14.1. The molecule has 4 aromatic rings. The number of nitrogens with zero attached hydrogens (tertiary/aromatic N) is 1. The van der Waals surface area contributed by atoms with Crippen molar-refractivity contribution >= 4 is 56.2 Å². The van der Waals surface area contributed by atoms with Gasteiger partial charge in [-0.3, -0.25) is 4.79 Å². The summed E-state index contributed by atoms with van der Waals surface area (Å²) in [5.41, 5.74) is 3.00. The first-order valence-electron chi connectivity index (χ1n) is 13.6. The van der Waals surface area contributed by atoms with E-state index in [1.54, 1.807) is 0 Å². The second-order valence-electron chi connectivity index (χ2n) is 10.1. The lowest BCUT2D eigenvalue weighted by Gasteiger charge is -2.32. The first kappa shape index (κ1) is 30.2. The van der Waals surface area contributed by atoms with Crippen molar-refractivity contribution in [1.82, 2.24) is 4.90 Å². The van der Waals surface area contributed by atoms with Crippen LogP contribution in [0.15, 0.2) is 108 Å². The van der Waals surface area contributed by atoms with Crippen molar-refractivity contribution in [2.45, 2.75) is 31.0 Å². The Morgan fingerprint density at radius 2 is 1.60 bits per heavy atom. The van der Waals surface area contributed by atoms with Gasteiger partial charge in [-0.2, -0.15) is 0 Å². The number of ether oxygens (including phenoxy) is 1. The minimum Gasteiger partial charge on any atom is -0.446 e. The number of amides is 2. The summed E-state index contributed by atoms with van der Waals surface area (Å²) >= 11 is 5.73. The molecule has 0 unspecified atom stereocenters. The van der Waals surface area contributed by atoms with E-state index < -0.39 is 41.9 Å². The first-order chi connectivity index (χ1) is 20.3. The highest BCUT2D eigenvalue weighted by Gasteiger charge is 2.44. The number of carbonyl (C=O) groups is 2. The number of aliphatic hydroxyl groups is 1. The van der Waals surface area contributed by atoms with Crippen molar-refractivity contribution in [3.8, 4) is 0 Å². The largest absolute Gasteiger partial charge is 0.446 e. The summed E-state index contributed by atoms with van der Waals surface area (Å²) in [5, 5.41) is 14.6. The molecule has 1 heterocycles. The van der Waals surface area contributed by atoms with E-state index in [1.807, 2.05) is 78.9 Å². The lowest BCUT2D eigenvalue weighted by molar-refractivity contribution is -0.134. The second kappa shape index (κ2) is 13.8. The summed E-state index contributed by atoms with van der Waals surface area (Å²) in [6, 6.07) is 29.4. The number of carbonyl (C=O) groups excluding carboxylic acids is 2. The predicted octanol–water partition coefficient (Wildman–Crippen LogP) is 8.20. The Kier molecular flexibility index (Phi) is 9.91. The lowest BCUT2D eigenvalue weighted by atomic mass is 9.85. The standard InChI is InChI=1S/C33H29BrFIN2O4/c34-24-10-6-23(7-11-24)31(37-27-16-14-26(36)15-17-27)28(18-19-30(39)22-8-12-25(35)13-9-22)32(40)38-29(20-42-33(38)41)21-4-2-1-3-5-21/h1-17,28-31,37,39H,18-20H2/t28-,29-,30+,31-/m1/s1. The Morgan fingerprint density at radius 1 is 0.952 bits per heavy atom. The van der Waals surface area contributed by atoms with Crippen LogP contribution in [-0.4, -0.2) is 28.6 Å². The van der Waals surface area contributed by atoms with Gasteiger partial charge in [0.15, 0.2) is 0 Å². The smallest absolute Gasteiger partial charge is 0.417 e. The summed E-state index contributed by atoms with van der Waals surface area (Å²) in [4.78, 5) is 28.8. The van der Waals surface area contributed by atoms with Crippen LogP contribution in [0, 0.1) is 15.3 Å². The summed E-state index contributed by atoms with van der Waals surface area (Å²) in [5.74, 6) is -1.56. The van der Waals surface area contributed by atoms with E-state index in [0.29, 0.717) is 5.56 Å². The summed E-state index contributed by atoms with van der Waals surface area (Å²) in [7, 11) is 0. The van der Waals surface area contributed by atoms with Crippen LogP contribution in [0.5, 0.6) is 0 Å². The fourth-order valence-electron chi connectivity index (χ4n) is 5.20. The van der Waals surface area contributed by atoms with Crippen LogP contribution in [-0.2, 0) is 9.53 Å². The number of cyclic esters (lactones) is 1. The fraction of sp³-hybridized carbons (Fsp3) is 0.212. The Hall–Kier alpha value is -3.28. The molecule has 4 atom stereocenters. The second-order valence-corrected chi connectivity index (χ2v) is 12.3. The number of nitrogens with one attached hydrogen (secondary N) is 1. The third-order valence-electron chi connectivity index (χ3n) is 7.42. The van der Waals surface area contributed by atoms with E-state index in [0.717, 1.165) is 24.9 Å². The van der Waals surface area contributed by atoms with E-state index in [1.165, 1.54) is 29.2 Å². The molecule has 0 spiro atoms. The molecule has 1 saturated heterocycles. The first-order valence-corrected chi connectivity index (χ1v) is 15.4. The fourth-order valence-corrected chi connectivity index (χ4v) is 5.82. The maximum absolute atomic E-state index is 14.5. The average molecular weight is 743 g/mol. The third kappa shape index (κ3) is 7.19. The maximum atomic E-state index is 14.5. The Balaban J connectivity index is 1.53. The number of imide groups is 1. The quantitative estimate of drug-likeness (QED) is 0.160. The van der Waals surface area contributed by atoms with Crippen LogP contribution in [0.25, 0.3) is 0 Å². The van der Waals surface area contributed by atoms with Crippen molar-refractivity contribution in [2.75, 3.05) is 11.9 Å². The Morgan fingerprint density at radius 3 is 2.26 bits per heavy atom. The molecule has 0 bridgehead atoms. The maximum Gasteiger partial charge on any atom is 0.417 e. The molecule has 1 fully saturated rings. The summed E-state index contributed by atoms with van der Waals surface area (Å²) < 4.78 is 20.9. The number of aliphatic hydroxyl groups excluding tert-OH is 1.